The molecule has 1 unspecified atom stereocenters. The normalized spacial score (nSPS) is 18.9. The zero-order chi connectivity index (χ0) is 19.5. The lowest BCUT2D eigenvalue weighted by molar-refractivity contribution is -0.122. The van der Waals surface area contributed by atoms with E-state index in [1.165, 1.54) is 0 Å². The number of likely N-dealkylation sites (N-methyl/N-ethyl adjacent to an activating group) is 1. The van der Waals surface area contributed by atoms with Gasteiger partial charge >= 0.3 is 0 Å². The van der Waals surface area contributed by atoms with E-state index in [4.69, 9.17) is 4.98 Å². The van der Waals surface area contributed by atoms with E-state index in [2.05, 4.69) is 20.9 Å². The van der Waals surface area contributed by atoms with Gasteiger partial charge in [0.2, 0.25) is 5.91 Å². The van der Waals surface area contributed by atoms with E-state index in [0.717, 1.165) is 10.9 Å². The van der Waals surface area contributed by atoms with Crippen LogP contribution in [0.2, 0.25) is 0 Å². The Kier molecular flexibility index (Phi) is 5.08. The van der Waals surface area contributed by atoms with Crippen LogP contribution in [-0.4, -0.2) is 46.2 Å². The van der Waals surface area contributed by atoms with Gasteiger partial charge in [0.1, 0.15) is 11.6 Å². The molecule has 0 saturated carbocycles. The van der Waals surface area contributed by atoms with Gasteiger partial charge in [0.05, 0.1) is 17.1 Å². The number of phenols is 1. The van der Waals surface area contributed by atoms with Gasteiger partial charge in [-0.1, -0.05) is 24.3 Å². The quantitative estimate of drug-likeness (QED) is 0.544. The molecule has 3 aromatic rings. The van der Waals surface area contributed by atoms with Crippen molar-refractivity contribution in [3.05, 3.63) is 48.5 Å². The number of nitrogens with one attached hydrogen (secondary N) is 3. The minimum Gasteiger partial charge on any atom is -0.507 e. The van der Waals surface area contributed by atoms with Gasteiger partial charge < -0.3 is 21.1 Å². The molecule has 1 fully saturated rings. The number of carbonyl (C=O) groups excluding carboxylic acids is 1. The summed E-state index contributed by atoms with van der Waals surface area (Å²) < 4.78 is 0. The number of hydrogen-bond acceptors (Lipinski definition) is 6. The molecule has 1 saturated heterocycles. The number of rotatable bonds is 5. The van der Waals surface area contributed by atoms with Crippen molar-refractivity contribution in [3.8, 4) is 17.1 Å². The zero-order valence-corrected chi connectivity index (χ0v) is 15.6. The number of aromatic nitrogens is 2. The van der Waals surface area contributed by atoms with Gasteiger partial charge in [-0.3, -0.25) is 4.79 Å². The molecule has 1 aliphatic heterocycles. The smallest absolute Gasteiger partial charge is 0.237 e. The van der Waals surface area contributed by atoms with Crippen molar-refractivity contribution in [1.29, 1.82) is 0 Å². The van der Waals surface area contributed by atoms with Crippen LogP contribution < -0.4 is 16.0 Å². The molecule has 0 bridgehead atoms. The van der Waals surface area contributed by atoms with Crippen LogP contribution >= 0.6 is 0 Å². The van der Waals surface area contributed by atoms with Crippen molar-refractivity contribution < 1.29 is 9.90 Å². The van der Waals surface area contributed by atoms with Crippen molar-refractivity contribution in [3.63, 3.8) is 0 Å². The summed E-state index contributed by atoms with van der Waals surface area (Å²) in [6.07, 6.45) is 0.677. The molecule has 4 rings (SSSR count). The molecule has 2 heterocycles. The number of anilines is 1. The summed E-state index contributed by atoms with van der Waals surface area (Å²) >= 11 is 0. The summed E-state index contributed by atoms with van der Waals surface area (Å²) in [5.41, 5.74) is 1.38. The van der Waals surface area contributed by atoms with Gasteiger partial charge in [0.15, 0.2) is 5.82 Å². The number of fused-ring (bicyclic) bond motifs is 1. The van der Waals surface area contributed by atoms with Gasteiger partial charge in [0, 0.05) is 24.5 Å². The van der Waals surface area contributed by atoms with E-state index in [0.29, 0.717) is 36.7 Å². The first-order valence-electron chi connectivity index (χ1n) is 9.48. The SMILES string of the molecule is CCNC(=O)[C@H]1CC(Nc2nc(-c3ccccc3O)nc3ccccc23)CN1. The van der Waals surface area contributed by atoms with Crippen LogP contribution in [-0.2, 0) is 4.79 Å². The van der Waals surface area contributed by atoms with E-state index in [9.17, 15) is 9.90 Å². The van der Waals surface area contributed by atoms with Crippen LogP contribution in [0.5, 0.6) is 5.75 Å². The van der Waals surface area contributed by atoms with Crippen molar-refractivity contribution in [1.82, 2.24) is 20.6 Å². The summed E-state index contributed by atoms with van der Waals surface area (Å²) in [5, 5.41) is 20.7. The Morgan fingerprint density at radius 2 is 1.96 bits per heavy atom. The van der Waals surface area contributed by atoms with Crippen LogP contribution in [0.25, 0.3) is 22.3 Å². The number of benzene rings is 2. The van der Waals surface area contributed by atoms with Crippen LogP contribution in [0.15, 0.2) is 48.5 Å². The second kappa shape index (κ2) is 7.82. The number of carbonyl (C=O) groups is 1. The molecule has 2 aromatic carbocycles. The maximum atomic E-state index is 12.1. The number of amides is 1. The highest BCUT2D eigenvalue weighted by Crippen LogP contribution is 2.30. The molecule has 0 radical (unpaired) electrons. The van der Waals surface area contributed by atoms with Gasteiger partial charge in [-0.15, -0.1) is 0 Å². The van der Waals surface area contributed by atoms with Crippen LogP contribution in [0.1, 0.15) is 13.3 Å². The lowest BCUT2D eigenvalue weighted by Gasteiger charge is -2.16. The summed E-state index contributed by atoms with van der Waals surface area (Å²) in [5.74, 6) is 1.33. The lowest BCUT2D eigenvalue weighted by Crippen LogP contribution is -2.40. The molecule has 144 valence electrons. The molecule has 4 N–H and O–H groups in total. The molecule has 2 atom stereocenters. The summed E-state index contributed by atoms with van der Waals surface area (Å²) in [6, 6.07) is 14.7. The first kappa shape index (κ1) is 18.2. The van der Waals surface area contributed by atoms with E-state index in [1.807, 2.05) is 37.3 Å². The molecular weight excluding hydrogens is 354 g/mol. The monoisotopic (exact) mass is 377 g/mol. The highest BCUT2D eigenvalue weighted by molar-refractivity contribution is 5.91. The molecule has 1 aliphatic rings. The number of para-hydroxylation sites is 2. The van der Waals surface area contributed by atoms with E-state index in [-0.39, 0.29) is 23.7 Å². The van der Waals surface area contributed by atoms with Crippen molar-refractivity contribution in [2.75, 3.05) is 18.4 Å². The fourth-order valence-corrected chi connectivity index (χ4v) is 3.51. The maximum Gasteiger partial charge on any atom is 0.237 e. The lowest BCUT2D eigenvalue weighted by atomic mass is 10.1. The molecule has 7 nitrogen and oxygen atoms in total. The Labute approximate surface area is 163 Å². The Morgan fingerprint density at radius 3 is 2.79 bits per heavy atom. The molecular formula is C21H23N5O2. The predicted molar refractivity (Wildman–Crippen MR) is 109 cm³/mol. The molecule has 1 aromatic heterocycles. The van der Waals surface area contributed by atoms with Crippen LogP contribution in [0.4, 0.5) is 5.82 Å². The third-order valence-corrected chi connectivity index (χ3v) is 4.89. The minimum absolute atomic E-state index is 0.0224. The summed E-state index contributed by atoms with van der Waals surface area (Å²) in [4.78, 5) is 21.4. The first-order valence-corrected chi connectivity index (χ1v) is 9.48. The van der Waals surface area contributed by atoms with E-state index < -0.39 is 0 Å². The average Bonchev–Trinajstić information content (AvgIpc) is 3.17. The van der Waals surface area contributed by atoms with Crippen molar-refractivity contribution in [2.24, 2.45) is 0 Å². The second-order valence-electron chi connectivity index (χ2n) is 6.86. The largest absolute Gasteiger partial charge is 0.507 e. The number of phenolic OH excluding ortho intramolecular Hbond substituents is 1. The topological polar surface area (TPSA) is 99.2 Å². The van der Waals surface area contributed by atoms with Gasteiger partial charge in [-0.25, -0.2) is 9.97 Å². The fraction of sp³-hybridized carbons (Fsp3) is 0.286. The second-order valence-corrected chi connectivity index (χ2v) is 6.86. The van der Waals surface area contributed by atoms with E-state index in [1.54, 1.807) is 18.2 Å². The third-order valence-electron chi connectivity index (χ3n) is 4.89. The van der Waals surface area contributed by atoms with Crippen molar-refractivity contribution >= 4 is 22.6 Å². The minimum atomic E-state index is -0.205. The maximum absolute atomic E-state index is 12.1. The zero-order valence-electron chi connectivity index (χ0n) is 15.6. The predicted octanol–water partition coefficient (Wildman–Crippen LogP) is 2.28. The van der Waals surface area contributed by atoms with E-state index >= 15 is 0 Å². The number of aromatic hydroxyl groups is 1. The average molecular weight is 377 g/mol. The molecule has 28 heavy (non-hydrogen) atoms. The molecule has 0 spiro atoms. The highest BCUT2D eigenvalue weighted by atomic mass is 16.3. The van der Waals surface area contributed by atoms with Crippen LogP contribution in [0.3, 0.4) is 0 Å². The standard InChI is InChI=1S/C21H23N5O2/c1-2-22-21(28)17-11-13(12-23-17)24-19-14-7-3-5-9-16(14)25-20(26-19)15-8-4-6-10-18(15)27/h3-10,13,17,23,27H,2,11-12H2,1H3,(H,22,28)(H,24,25,26)/t13?,17-/m1/s1. The van der Waals surface area contributed by atoms with Gasteiger partial charge in [-0.2, -0.15) is 0 Å². The molecule has 0 aliphatic carbocycles. The third kappa shape index (κ3) is 3.61. The Balaban J connectivity index is 1.65. The molecule has 1 amide bonds. The Hall–Kier alpha value is -3.19. The summed E-state index contributed by atoms with van der Waals surface area (Å²) in [6.45, 7) is 3.21. The Bertz CT molecular complexity index is 1010. The Morgan fingerprint density at radius 1 is 1.18 bits per heavy atom. The van der Waals surface area contributed by atoms with Crippen molar-refractivity contribution in [2.45, 2.75) is 25.4 Å². The molecule has 7 heteroatoms. The number of hydrogen-bond donors (Lipinski definition) is 4. The highest BCUT2D eigenvalue weighted by Gasteiger charge is 2.29. The first-order chi connectivity index (χ1) is 13.7. The van der Waals surface area contributed by atoms with Crippen LogP contribution in [0, 0.1) is 0 Å². The number of nitrogens with zero attached hydrogens (tertiary/aromatic N) is 2. The van der Waals surface area contributed by atoms with Gasteiger partial charge in [0.25, 0.3) is 0 Å². The summed E-state index contributed by atoms with van der Waals surface area (Å²) in [7, 11) is 0. The fourth-order valence-electron chi connectivity index (χ4n) is 3.51. The van der Waals surface area contributed by atoms with Gasteiger partial charge in [-0.05, 0) is 37.6 Å².